The van der Waals surface area contributed by atoms with Gasteiger partial charge in [-0.2, -0.15) is 0 Å². The van der Waals surface area contributed by atoms with E-state index in [0.717, 1.165) is 43.3 Å². The number of esters is 1. The van der Waals surface area contributed by atoms with E-state index in [1.807, 2.05) is 24.3 Å². The highest BCUT2D eigenvalue weighted by atomic mass is 16.5. The molecule has 1 heterocycles. The van der Waals surface area contributed by atoms with Crippen molar-refractivity contribution in [1.29, 1.82) is 0 Å². The van der Waals surface area contributed by atoms with E-state index in [1.165, 1.54) is 0 Å². The van der Waals surface area contributed by atoms with Crippen molar-refractivity contribution >= 4 is 5.97 Å². The Hall–Kier alpha value is -2.11. The minimum atomic E-state index is -0.299. The van der Waals surface area contributed by atoms with Crippen LogP contribution in [0.5, 0.6) is 0 Å². The summed E-state index contributed by atoms with van der Waals surface area (Å²) >= 11 is 0. The van der Waals surface area contributed by atoms with Crippen LogP contribution in [0, 0.1) is 0 Å². The molecule has 5 heteroatoms. The second kappa shape index (κ2) is 10.0. The Labute approximate surface area is 150 Å². The molecule has 0 fully saturated rings. The highest BCUT2D eigenvalue weighted by Crippen LogP contribution is 2.22. The molecular weight excluding hydrogens is 316 g/mol. The molecule has 0 amide bonds. The first-order chi connectivity index (χ1) is 12.2. The number of hydrogen-bond donors (Lipinski definition) is 1. The van der Waals surface area contributed by atoms with Crippen LogP contribution in [-0.4, -0.2) is 43.7 Å². The van der Waals surface area contributed by atoms with Crippen LogP contribution >= 0.6 is 0 Å². The Bertz CT molecular complexity index is 645. The second-order valence-corrected chi connectivity index (χ2v) is 5.77. The fourth-order valence-corrected chi connectivity index (χ4v) is 2.60. The predicted molar refractivity (Wildman–Crippen MR) is 99.6 cm³/mol. The number of furan rings is 1. The van der Waals surface area contributed by atoms with E-state index < -0.39 is 0 Å². The average molecular weight is 344 g/mol. The molecular formula is C20H28N2O3. The molecule has 0 aliphatic rings. The number of carbonyl (C=O) groups is 1. The number of carbonyl (C=O) groups excluding carboxylic acids is 1. The van der Waals surface area contributed by atoms with Gasteiger partial charge in [0.15, 0.2) is 0 Å². The highest BCUT2D eigenvalue weighted by Gasteiger charge is 2.09. The van der Waals surface area contributed by atoms with Crippen molar-refractivity contribution in [2.45, 2.75) is 27.3 Å². The molecule has 2 rings (SSSR count). The van der Waals surface area contributed by atoms with E-state index in [2.05, 4.69) is 24.1 Å². The zero-order valence-electron chi connectivity index (χ0n) is 15.4. The molecule has 25 heavy (non-hydrogen) atoms. The zero-order chi connectivity index (χ0) is 18.1. The third-order valence-electron chi connectivity index (χ3n) is 4.14. The van der Waals surface area contributed by atoms with Crippen LogP contribution < -0.4 is 5.32 Å². The van der Waals surface area contributed by atoms with Crippen molar-refractivity contribution in [2.75, 3.05) is 32.8 Å². The van der Waals surface area contributed by atoms with Gasteiger partial charge >= 0.3 is 5.97 Å². The number of hydrogen-bond acceptors (Lipinski definition) is 5. The Morgan fingerprint density at radius 2 is 1.80 bits per heavy atom. The SMILES string of the molecule is CCOC(=O)c1ccc(-c2ccc(CNCCN(CC)CC)o2)cc1. The summed E-state index contributed by atoms with van der Waals surface area (Å²) in [5, 5.41) is 3.41. The Morgan fingerprint density at radius 3 is 2.44 bits per heavy atom. The molecule has 0 radical (unpaired) electrons. The van der Waals surface area contributed by atoms with Crippen molar-refractivity contribution in [1.82, 2.24) is 10.2 Å². The topological polar surface area (TPSA) is 54.7 Å². The van der Waals surface area contributed by atoms with E-state index in [0.29, 0.717) is 18.7 Å². The summed E-state index contributed by atoms with van der Waals surface area (Å²) in [6, 6.07) is 11.2. The van der Waals surface area contributed by atoms with Gasteiger partial charge in [-0.25, -0.2) is 4.79 Å². The van der Waals surface area contributed by atoms with Crippen LogP contribution in [0.3, 0.4) is 0 Å². The molecule has 0 saturated heterocycles. The molecule has 1 N–H and O–H groups in total. The summed E-state index contributed by atoms with van der Waals surface area (Å²) in [5.74, 6) is 1.41. The van der Waals surface area contributed by atoms with E-state index in [4.69, 9.17) is 9.15 Å². The molecule has 1 aromatic carbocycles. The van der Waals surface area contributed by atoms with Crippen molar-refractivity contribution in [3.05, 3.63) is 47.7 Å². The van der Waals surface area contributed by atoms with Gasteiger partial charge in [-0.3, -0.25) is 0 Å². The molecule has 0 bridgehead atoms. The van der Waals surface area contributed by atoms with Gasteiger partial charge in [-0.05, 0) is 44.3 Å². The van der Waals surface area contributed by atoms with Gasteiger partial charge in [0.05, 0.1) is 18.7 Å². The fraction of sp³-hybridized carbons (Fsp3) is 0.450. The first kappa shape index (κ1) is 19.2. The van der Waals surface area contributed by atoms with E-state index in [9.17, 15) is 4.79 Å². The normalized spacial score (nSPS) is 11.0. The number of ether oxygens (including phenoxy) is 1. The van der Waals surface area contributed by atoms with Crippen LogP contribution in [-0.2, 0) is 11.3 Å². The lowest BCUT2D eigenvalue weighted by Crippen LogP contribution is -2.31. The van der Waals surface area contributed by atoms with Gasteiger partial charge in [0, 0.05) is 18.7 Å². The summed E-state index contributed by atoms with van der Waals surface area (Å²) in [6.45, 7) is 11.4. The quantitative estimate of drug-likeness (QED) is 0.528. The summed E-state index contributed by atoms with van der Waals surface area (Å²) in [5.41, 5.74) is 1.50. The van der Waals surface area contributed by atoms with Crippen LogP contribution in [0.25, 0.3) is 11.3 Å². The molecule has 0 unspecified atom stereocenters. The smallest absolute Gasteiger partial charge is 0.338 e. The summed E-state index contributed by atoms with van der Waals surface area (Å²) in [4.78, 5) is 14.1. The van der Waals surface area contributed by atoms with Crippen LogP contribution in [0.2, 0.25) is 0 Å². The van der Waals surface area contributed by atoms with E-state index in [1.54, 1.807) is 19.1 Å². The van der Waals surface area contributed by atoms with E-state index in [-0.39, 0.29) is 5.97 Å². The van der Waals surface area contributed by atoms with Crippen molar-refractivity contribution in [3.8, 4) is 11.3 Å². The van der Waals surface area contributed by atoms with Crippen molar-refractivity contribution in [2.24, 2.45) is 0 Å². The van der Waals surface area contributed by atoms with E-state index >= 15 is 0 Å². The largest absolute Gasteiger partial charge is 0.462 e. The summed E-state index contributed by atoms with van der Waals surface area (Å²) < 4.78 is 10.9. The average Bonchev–Trinajstić information content (AvgIpc) is 3.11. The third-order valence-corrected chi connectivity index (χ3v) is 4.14. The predicted octanol–water partition coefficient (Wildman–Crippen LogP) is 3.55. The Balaban J connectivity index is 1.87. The number of rotatable bonds is 10. The van der Waals surface area contributed by atoms with Crippen molar-refractivity contribution in [3.63, 3.8) is 0 Å². The number of nitrogens with zero attached hydrogens (tertiary/aromatic N) is 1. The molecule has 0 aliphatic carbocycles. The van der Waals surface area contributed by atoms with Gasteiger partial charge in [0.1, 0.15) is 11.5 Å². The maximum Gasteiger partial charge on any atom is 0.338 e. The number of likely N-dealkylation sites (N-methyl/N-ethyl adjacent to an activating group) is 1. The molecule has 136 valence electrons. The van der Waals surface area contributed by atoms with Gasteiger partial charge in [0.2, 0.25) is 0 Å². The standard InChI is InChI=1S/C20H28N2O3/c1-4-22(5-2)14-13-21-15-18-11-12-19(25-18)16-7-9-17(10-8-16)20(23)24-6-3/h7-12,21H,4-6,13-15H2,1-3H3. The first-order valence-corrected chi connectivity index (χ1v) is 8.97. The fourth-order valence-electron chi connectivity index (χ4n) is 2.60. The molecule has 0 aliphatic heterocycles. The number of benzene rings is 1. The van der Waals surface area contributed by atoms with Gasteiger partial charge in [-0.1, -0.05) is 26.0 Å². The van der Waals surface area contributed by atoms with Gasteiger partial charge < -0.3 is 19.4 Å². The molecule has 5 nitrogen and oxygen atoms in total. The highest BCUT2D eigenvalue weighted by molar-refractivity contribution is 5.89. The van der Waals surface area contributed by atoms with Crippen LogP contribution in [0.15, 0.2) is 40.8 Å². The summed E-state index contributed by atoms with van der Waals surface area (Å²) in [6.07, 6.45) is 0. The Kier molecular flexibility index (Phi) is 7.70. The third kappa shape index (κ3) is 5.73. The van der Waals surface area contributed by atoms with Crippen molar-refractivity contribution < 1.29 is 13.9 Å². The van der Waals surface area contributed by atoms with Crippen LogP contribution in [0.4, 0.5) is 0 Å². The lowest BCUT2D eigenvalue weighted by Gasteiger charge is -2.17. The lowest BCUT2D eigenvalue weighted by molar-refractivity contribution is 0.0526. The molecule has 0 saturated carbocycles. The maximum atomic E-state index is 11.7. The molecule has 0 atom stereocenters. The molecule has 0 spiro atoms. The Morgan fingerprint density at radius 1 is 1.08 bits per heavy atom. The second-order valence-electron chi connectivity index (χ2n) is 5.77. The van der Waals surface area contributed by atoms with Gasteiger partial charge in [-0.15, -0.1) is 0 Å². The monoisotopic (exact) mass is 344 g/mol. The summed E-state index contributed by atoms with van der Waals surface area (Å²) in [7, 11) is 0. The minimum absolute atomic E-state index is 0.299. The maximum absolute atomic E-state index is 11.7. The van der Waals surface area contributed by atoms with Crippen LogP contribution in [0.1, 0.15) is 36.9 Å². The first-order valence-electron chi connectivity index (χ1n) is 8.97. The molecule has 1 aromatic heterocycles. The lowest BCUT2D eigenvalue weighted by atomic mass is 10.1. The molecule has 2 aromatic rings. The van der Waals surface area contributed by atoms with Gasteiger partial charge in [0.25, 0.3) is 0 Å². The zero-order valence-corrected chi connectivity index (χ0v) is 15.4. The number of nitrogens with one attached hydrogen (secondary N) is 1. The minimum Gasteiger partial charge on any atom is -0.462 e.